The van der Waals surface area contributed by atoms with Crippen molar-refractivity contribution in [2.75, 3.05) is 33.0 Å². The normalized spacial score (nSPS) is 11.5. The maximum Gasteiger partial charge on any atom is 0.306 e. The van der Waals surface area contributed by atoms with E-state index in [1.807, 2.05) is 51.1 Å². The first kappa shape index (κ1) is 22.6. The second kappa shape index (κ2) is 13.7. The Morgan fingerprint density at radius 2 is 1.42 bits per heavy atom. The fourth-order valence-corrected chi connectivity index (χ4v) is 2.25. The van der Waals surface area contributed by atoms with Gasteiger partial charge in [0, 0.05) is 13.0 Å². The smallest absolute Gasteiger partial charge is 0.306 e. The third-order valence-corrected chi connectivity index (χ3v) is 3.45. The molecule has 0 amide bonds. The summed E-state index contributed by atoms with van der Waals surface area (Å²) in [7, 11) is 0. The number of carbonyl (C=O) groups excluding carboxylic acids is 1. The molecule has 0 saturated heterocycles. The van der Waals surface area contributed by atoms with Gasteiger partial charge in [-0.25, -0.2) is 0 Å². The van der Waals surface area contributed by atoms with Crippen molar-refractivity contribution in [3.63, 3.8) is 0 Å². The molecule has 0 N–H and O–H groups in total. The van der Waals surface area contributed by atoms with Crippen LogP contribution < -0.4 is 0 Å². The quantitative estimate of drug-likeness (QED) is 0.366. The van der Waals surface area contributed by atoms with E-state index in [4.69, 9.17) is 18.9 Å². The molecule has 0 bridgehead atoms. The molecular formula is C21H34O5. The van der Waals surface area contributed by atoms with Gasteiger partial charge < -0.3 is 18.9 Å². The Morgan fingerprint density at radius 3 is 2.08 bits per heavy atom. The lowest BCUT2D eigenvalue weighted by molar-refractivity contribution is -0.154. The number of esters is 1. The molecule has 0 radical (unpaired) electrons. The summed E-state index contributed by atoms with van der Waals surface area (Å²) in [6.07, 6.45) is 3.23. The molecule has 0 heterocycles. The van der Waals surface area contributed by atoms with E-state index in [0.717, 1.165) is 19.3 Å². The molecule has 0 spiro atoms. The Morgan fingerprint density at radius 1 is 0.808 bits per heavy atom. The first-order valence-corrected chi connectivity index (χ1v) is 9.46. The fraction of sp³-hybridized carbons (Fsp3) is 0.667. The van der Waals surface area contributed by atoms with Crippen molar-refractivity contribution in [1.82, 2.24) is 0 Å². The molecule has 0 saturated carbocycles. The number of carbonyl (C=O) groups is 1. The zero-order valence-corrected chi connectivity index (χ0v) is 16.5. The van der Waals surface area contributed by atoms with Gasteiger partial charge in [0.15, 0.2) is 0 Å². The summed E-state index contributed by atoms with van der Waals surface area (Å²) in [6, 6.07) is 10.1. The monoisotopic (exact) mass is 366 g/mol. The van der Waals surface area contributed by atoms with Gasteiger partial charge in [-0.1, -0.05) is 36.8 Å². The number of hydrogen-bond donors (Lipinski definition) is 0. The van der Waals surface area contributed by atoms with E-state index in [1.54, 1.807) is 0 Å². The summed E-state index contributed by atoms with van der Waals surface area (Å²) in [6.45, 7) is 9.29. The highest BCUT2D eigenvalue weighted by atomic mass is 16.6. The Bertz CT molecular complexity index is 467. The summed E-state index contributed by atoms with van der Waals surface area (Å²) in [5.41, 5.74) is 0.773. The molecule has 0 aliphatic rings. The van der Waals surface area contributed by atoms with Gasteiger partial charge in [0.05, 0.1) is 33.0 Å². The zero-order valence-electron chi connectivity index (χ0n) is 16.5. The average molecular weight is 366 g/mol. The minimum atomic E-state index is -0.396. The number of benzene rings is 1. The molecule has 0 unspecified atom stereocenters. The summed E-state index contributed by atoms with van der Waals surface area (Å²) in [4.78, 5) is 11.5. The van der Waals surface area contributed by atoms with Gasteiger partial charge in [-0.2, -0.15) is 0 Å². The summed E-state index contributed by atoms with van der Waals surface area (Å²) < 4.78 is 21.8. The molecule has 0 atom stereocenters. The van der Waals surface area contributed by atoms with Crippen molar-refractivity contribution in [1.29, 1.82) is 0 Å². The third-order valence-electron chi connectivity index (χ3n) is 3.45. The second-order valence-corrected chi connectivity index (χ2v) is 7.16. The summed E-state index contributed by atoms with van der Waals surface area (Å²) >= 11 is 0. The van der Waals surface area contributed by atoms with E-state index in [2.05, 4.69) is 0 Å². The predicted molar refractivity (Wildman–Crippen MR) is 102 cm³/mol. The molecule has 1 aromatic rings. The van der Waals surface area contributed by atoms with E-state index < -0.39 is 5.60 Å². The first-order chi connectivity index (χ1) is 12.5. The van der Waals surface area contributed by atoms with Crippen LogP contribution in [0.15, 0.2) is 30.3 Å². The second-order valence-electron chi connectivity index (χ2n) is 7.16. The maximum absolute atomic E-state index is 11.5. The Hall–Kier alpha value is -1.43. The van der Waals surface area contributed by atoms with Crippen LogP contribution in [-0.2, 0) is 30.3 Å². The number of ether oxygens (including phenoxy) is 4. The minimum absolute atomic E-state index is 0.124. The van der Waals surface area contributed by atoms with Crippen LogP contribution in [0.3, 0.4) is 0 Å². The molecule has 1 aromatic carbocycles. The van der Waals surface area contributed by atoms with Crippen molar-refractivity contribution in [3.05, 3.63) is 35.9 Å². The van der Waals surface area contributed by atoms with Crippen LogP contribution in [0, 0.1) is 0 Å². The van der Waals surface area contributed by atoms with Gasteiger partial charge in [0.2, 0.25) is 0 Å². The zero-order chi connectivity index (χ0) is 19.1. The van der Waals surface area contributed by atoms with Gasteiger partial charge in [-0.05, 0) is 39.2 Å². The Balaban J connectivity index is 1.79. The average Bonchev–Trinajstić information content (AvgIpc) is 2.58. The van der Waals surface area contributed by atoms with Gasteiger partial charge in [0.1, 0.15) is 5.60 Å². The lowest BCUT2D eigenvalue weighted by atomic mass is 10.1. The van der Waals surface area contributed by atoms with Crippen molar-refractivity contribution < 1.29 is 23.7 Å². The molecule has 26 heavy (non-hydrogen) atoms. The summed E-state index contributed by atoms with van der Waals surface area (Å²) in [5.74, 6) is -0.124. The topological polar surface area (TPSA) is 54.0 Å². The molecule has 0 fully saturated rings. The molecule has 0 aromatic heterocycles. The largest absolute Gasteiger partial charge is 0.460 e. The highest BCUT2D eigenvalue weighted by Gasteiger charge is 2.15. The van der Waals surface area contributed by atoms with Gasteiger partial charge >= 0.3 is 5.97 Å². The van der Waals surface area contributed by atoms with Crippen LogP contribution in [0.1, 0.15) is 52.0 Å². The van der Waals surface area contributed by atoms with Crippen molar-refractivity contribution >= 4 is 5.97 Å². The van der Waals surface area contributed by atoms with Crippen LogP contribution in [0.5, 0.6) is 0 Å². The Labute approximate surface area is 158 Å². The Kier molecular flexibility index (Phi) is 11.9. The minimum Gasteiger partial charge on any atom is -0.460 e. The molecule has 0 aliphatic heterocycles. The molecule has 148 valence electrons. The van der Waals surface area contributed by atoms with Gasteiger partial charge in [0.25, 0.3) is 0 Å². The van der Waals surface area contributed by atoms with E-state index in [1.165, 1.54) is 5.56 Å². The molecule has 0 aliphatic carbocycles. The summed E-state index contributed by atoms with van der Waals surface area (Å²) in [5, 5.41) is 0. The number of rotatable bonds is 14. The van der Waals surface area contributed by atoms with Gasteiger partial charge in [-0.3, -0.25) is 4.79 Å². The first-order valence-electron chi connectivity index (χ1n) is 9.46. The fourth-order valence-electron chi connectivity index (χ4n) is 2.25. The standard InChI is InChI=1S/C21H34O5/c1-21(2,3)26-20(22)12-8-5-9-13-23-14-15-24-16-17-25-18-19-10-6-4-7-11-19/h4,6-7,10-11H,5,8-9,12-18H2,1-3H3. The number of hydrogen-bond acceptors (Lipinski definition) is 5. The van der Waals surface area contributed by atoms with Gasteiger partial charge in [-0.15, -0.1) is 0 Å². The van der Waals surface area contributed by atoms with Crippen LogP contribution >= 0.6 is 0 Å². The highest BCUT2D eigenvalue weighted by molar-refractivity contribution is 5.69. The SMILES string of the molecule is CC(C)(C)OC(=O)CCCCCOCCOCCOCc1ccccc1. The predicted octanol–water partition coefficient (Wildman–Crippen LogP) is 4.14. The molecule has 5 heteroatoms. The lowest BCUT2D eigenvalue weighted by Gasteiger charge is -2.19. The molecule has 5 nitrogen and oxygen atoms in total. The third kappa shape index (κ3) is 13.8. The molecule has 1 rings (SSSR count). The van der Waals surface area contributed by atoms with E-state index in [-0.39, 0.29) is 5.97 Å². The van der Waals surface area contributed by atoms with Crippen molar-refractivity contribution in [3.8, 4) is 0 Å². The lowest BCUT2D eigenvalue weighted by Crippen LogP contribution is -2.23. The van der Waals surface area contributed by atoms with E-state index in [9.17, 15) is 4.79 Å². The van der Waals surface area contributed by atoms with E-state index >= 15 is 0 Å². The number of unbranched alkanes of at least 4 members (excludes halogenated alkanes) is 2. The van der Waals surface area contributed by atoms with E-state index in [0.29, 0.717) is 46.1 Å². The van der Waals surface area contributed by atoms with Crippen LogP contribution in [0.4, 0.5) is 0 Å². The van der Waals surface area contributed by atoms with Crippen molar-refractivity contribution in [2.24, 2.45) is 0 Å². The molecular weight excluding hydrogens is 332 g/mol. The van der Waals surface area contributed by atoms with Crippen LogP contribution in [-0.4, -0.2) is 44.6 Å². The highest BCUT2D eigenvalue weighted by Crippen LogP contribution is 2.10. The maximum atomic E-state index is 11.5. The van der Waals surface area contributed by atoms with Crippen molar-refractivity contribution in [2.45, 2.75) is 58.7 Å². The van der Waals surface area contributed by atoms with Crippen LogP contribution in [0.25, 0.3) is 0 Å². The van der Waals surface area contributed by atoms with Crippen LogP contribution in [0.2, 0.25) is 0 Å².